The Kier molecular flexibility index (Phi) is 4.08. The molecule has 0 radical (unpaired) electrons. The van der Waals surface area contributed by atoms with Gasteiger partial charge in [0.1, 0.15) is 16.7 Å². The molecule has 5 heteroatoms. The number of furan rings is 2. The third-order valence-corrected chi connectivity index (χ3v) is 5.96. The molecule has 0 aliphatic carbocycles. The van der Waals surface area contributed by atoms with Gasteiger partial charge in [-0.3, -0.25) is 0 Å². The number of nitrogens with zero attached hydrogens (tertiary/aromatic N) is 3. The lowest BCUT2D eigenvalue weighted by molar-refractivity contribution is 0.624. The molecule has 0 saturated heterocycles. The molecule has 34 heavy (non-hydrogen) atoms. The second kappa shape index (κ2) is 7.39. The maximum atomic E-state index is 6.25. The van der Waals surface area contributed by atoms with Crippen molar-refractivity contribution in [1.29, 1.82) is 0 Å². The summed E-state index contributed by atoms with van der Waals surface area (Å²) in [4.78, 5) is 14.5. The van der Waals surface area contributed by atoms with Crippen LogP contribution in [-0.4, -0.2) is 15.0 Å². The fourth-order valence-electron chi connectivity index (χ4n) is 4.34. The van der Waals surface area contributed by atoms with Crippen molar-refractivity contribution in [2.45, 2.75) is 0 Å². The van der Waals surface area contributed by atoms with Crippen LogP contribution >= 0.6 is 0 Å². The number of aromatic nitrogens is 3. The van der Waals surface area contributed by atoms with Gasteiger partial charge in [0.05, 0.1) is 5.56 Å². The van der Waals surface area contributed by atoms with E-state index in [2.05, 4.69) is 12.1 Å². The number of benzene rings is 4. The van der Waals surface area contributed by atoms with Crippen LogP contribution < -0.4 is 0 Å². The SMILES string of the molecule is c1ccc(-c2nc(-c3cc4ccccc4o3)nc(-c3cccc4c3oc3ccccc34)n2)cc1. The van der Waals surface area contributed by atoms with Crippen LogP contribution in [0.5, 0.6) is 0 Å². The van der Waals surface area contributed by atoms with Crippen LogP contribution in [0.1, 0.15) is 0 Å². The van der Waals surface area contributed by atoms with Crippen molar-refractivity contribution in [3.63, 3.8) is 0 Å². The van der Waals surface area contributed by atoms with Gasteiger partial charge in [-0.1, -0.05) is 78.9 Å². The highest BCUT2D eigenvalue weighted by molar-refractivity contribution is 6.09. The third kappa shape index (κ3) is 2.98. The normalized spacial score (nSPS) is 11.5. The quantitative estimate of drug-likeness (QED) is 0.285. The maximum absolute atomic E-state index is 6.25. The molecule has 0 atom stereocenters. The first-order chi connectivity index (χ1) is 16.8. The topological polar surface area (TPSA) is 65.0 Å². The van der Waals surface area contributed by atoms with Gasteiger partial charge in [0, 0.05) is 21.7 Å². The van der Waals surface area contributed by atoms with Crippen LogP contribution in [0.15, 0.2) is 112 Å². The summed E-state index contributed by atoms with van der Waals surface area (Å²) in [6.45, 7) is 0. The number of rotatable bonds is 3. The summed E-state index contributed by atoms with van der Waals surface area (Å²) >= 11 is 0. The van der Waals surface area contributed by atoms with Gasteiger partial charge in [-0.25, -0.2) is 15.0 Å². The number of para-hydroxylation sites is 3. The van der Waals surface area contributed by atoms with Crippen LogP contribution in [0.2, 0.25) is 0 Å². The molecule has 7 rings (SSSR count). The second-order valence-corrected chi connectivity index (χ2v) is 8.10. The molecule has 0 N–H and O–H groups in total. The van der Waals surface area contributed by atoms with Gasteiger partial charge in [-0.2, -0.15) is 0 Å². The van der Waals surface area contributed by atoms with Gasteiger partial charge in [0.15, 0.2) is 23.2 Å². The maximum Gasteiger partial charge on any atom is 0.199 e. The Morgan fingerprint density at radius 2 is 1.21 bits per heavy atom. The minimum absolute atomic E-state index is 0.480. The van der Waals surface area contributed by atoms with Crippen LogP contribution in [0.4, 0.5) is 0 Å². The summed E-state index contributed by atoms with van der Waals surface area (Å²) in [6, 6.07) is 33.8. The molecule has 7 aromatic rings. The molecule has 4 aromatic carbocycles. The zero-order valence-corrected chi connectivity index (χ0v) is 18.0. The van der Waals surface area contributed by atoms with Crippen LogP contribution in [0.25, 0.3) is 67.3 Å². The van der Waals surface area contributed by atoms with E-state index in [-0.39, 0.29) is 0 Å². The monoisotopic (exact) mass is 439 g/mol. The van der Waals surface area contributed by atoms with E-state index in [4.69, 9.17) is 23.8 Å². The van der Waals surface area contributed by atoms with Gasteiger partial charge in [0.25, 0.3) is 0 Å². The molecule has 0 spiro atoms. The zero-order chi connectivity index (χ0) is 22.5. The molecule has 3 heterocycles. The minimum atomic E-state index is 0.480. The lowest BCUT2D eigenvalue weighted by Gasteiger charge is -2.07. The average Bonchev–Trinajstić information content (AvgIpc) is 3.51. The Hall–Kier alpha value is -4.77. The van der Waals surface area contributed by atoms with Crippen molar-refractivity contribution in [3.05, 3.63) is 103 Å². The van der Waals surface area contributed by atoms with Crippen molar-refractivity contribution < 1.29 is 8.83 Å². The summed E-state index contributed by atoms with van der Waals surface area (Å²) in [5, 5.41) is 3.09. The molecule has 0 unspecified atom stereocenters. The molecule has 0 aliphatic rings. The summed E-state index contributed by atoms with van der Waals surface area (Å²) in [6.07, 6.45) is 0. The molecule has 0 amide bonds. The van der Waals surface area contributed by atoms with E-state index in [0.717, 1.165) is 44.0 Å². The van der Waals surface area contributed by atoms with E-state index >= 15 is 0 Å². The van der Waals surface area contributed by atoms with Gasteiger partial charge >= 0.3 is 0 Å². The van der Waals surface area contributed by atoms with E-state index in [1.807, 2.05) is 91.0 Å². The highest BCUT2D eigenvalue weighted by Gasteiger charge is 2.18. The number of hydrogen-bond acceptors (Lipinski definition) is 5. The van der Waals surface area contributed by atoms with Crippen molar-refractivity contribution in [2.24, 2.45) is 0 Å². The van der Waals surface area contributed by atoms with Crippen molar-refractivity contribution in [3.8, 4) is 34.4 Å². The largest absolute Gasteiger partial charge is 0.455 e. The smallest absolute Gasteiger partial charge is 0.199 e. The molecular weight excluding hydrogens is 422 g/mol. The molecule has 3 aromatic heterocycles. The van der Waals surface area contributed by atoms with Crippen LogP contribution in [-0.2, 0) is 0 Å². The van der Waals surface area contributed by atoms with E-state index in [9.17, 15) is 0 Å². The van der Waals surface area contributed by atoms with E-state index in [1.54, 1.807) is 0 Å². The van der Waals surface area contributed by atoms with Crippen molar-refractivity contribution >= 4 is 32.9 Å². The Balaban J connectivity index is 1.50. The first kappa shape index (κ1) is 18.8. The highest BCUT2D eigenvalue weighted by Crippen LogP contribution is 2.36. The Morgan fingerprint density at radius 1 is 0.500 bits per heavy atom. The molecular formula is C29H17N3O2. The Bertz CT molecular complexity index is 1780. The summed E-state index contributed by atoms with van der Waals surface area (Å²) in [7, 11) is 0. The molecule has 5 nitrogen and oxygen atoms in total. The predicted octanol–water partition coefficient (Wildman–Crippen LogP) is 7.52. The fourth-order valence-corrected chi connectivity index (χ4v) is 4.34. The Morgan fingerprint density at radius 3 is 2.09 bits per heavy atom. The molecule has 0 fully saturated rings. The second-order valence-electron chi connectivity index (χ2n) is 8.10. The lowest BCUT2D eigenvalue weighted by Crippen LogP contribution is -1.99. The predicted molar refractivity (Wildman–Crippen MR) is 133 cm³/mol. The van der Waals surface area contributed by atoms with Gasteiger partial charge in [-0.05, 0) is 24.3 Å². The zero-order valence-electron chi connectivity index (χ0n) is 18.0. The van der Waals surface area contributed by atoms with E-state index in [0.29, 0.717) is 23.2 Å². The average molecular weight is 439 g/mol. The van der Waals surface area contributed by atoms with Gasteiger partial charge < -0.3 is 8.83 Å². The van der Waals surface area contributed by atoms with Crippen molar-refractivity contribution in [1.82, 2.24) is 15.0 Å². The summed E-state index contributed by atoms with van der Waals surface area (Å²) in [5.41, 5.74) is 4.09. The fraction of sp³-hybridized carbons (Fsp3) is 0. The van der Waals surface area contributed by atoms with Crippen LogP contribution in [0.3, 0.4) is 0 Å². The first-order valence-corrected chi connectivity index (χ1v) is 11.0. The summed E-state index contributed by atoms with van der Waals surface area (Å²) < 4.78 is 12.3. The number of hydrogen-bond donors (Lipinski definition) is 0. The van der Waals surface area contributed by atoms with Crippen molar-refractivity contribution in [2.75, 3.05) is 0 Å². The summed E-state index contributed by atoms with van der Waals surface area (Å²) in [5.74, 6) is 2.19. The van der Waals surface area contributed by atoms with E-state index in [1.165, 1.54) is 0 Å². The van der Waals surface area contributed by atoms with Gasteiger partial charge in [0.2, 0.25) is 0 Å². The third-order valence-electron chi connectivity index (χ3n) is 5.96. The lowest BCUT2D eigenvalue weighted by atomic mass is 10.1. The highest BCUT2D eigenvalue weighted by atomic mass is 16.3. The number of fused-ring (bicyclic) bond motifs is 4. The van der Waals surface area contributed by atoms with Crippen LogP contribution in [0, 0.1) is 0 Å². The standard InChI is InChI=1S/C29H17N3O2/c1-2-9-18(10-3-1)27-30-28(32-29(31-27)25-17-19-11-4-6-15-23(19)33-25)22-14-8-13-21-20-12-5-7-16-24(20)34-26(21)22/h1-17H. The first-order valence-electron chi connectivity index (χ1n) is 11.0. The molecule has 0 saturated carbocycles. The molecule has 0 bridgehead atoms. The molecule has 0 aliphatic heterocycles. The van der Waals surface area contributed by atoms with Gasteiger partial charge in [-0.15, -0.1) is 0 Å². The molecule has 160 valence electrons. The minimum Gasteiger partial charge on any atom is -0.455 e. The van der Waals surface area contributed by atoms with E-state index < -0.39 is 0 Å². The Labute approximate surface area is 194 Å².